The predicted molar refractivity (Wildman–Crippen MR) is 102 cm³/mol. The summed E-state index contributed by atoms with van der Waals surface area (Å²) in [5.74, 6) is -0.694. The molecule has 0 amide bonds. The number of ketones is 3. The number of benzene rings is 1. The van der Waals surface area contributed by atoms with Crippen molar-refractivity contribution in [3.05, 3.63) is 73.4 Å². The summed E-state index contributed by atoms with van der Waals surface area (Å²) in [6.07, 6.45) is 4.08. The molecule has 0 aromatic heterocycles. The SMILES string of the molecule is C=COCCC(=O)c1cc(C(=O)CCOC=C)cc(C(=O)CCOC=C)c1. The number of hydrogen-bond donors (Lipinski definition) is 0. The highest BCUT2D eigenvalue weighted by Gasteiger charge is 2.16. The largest absolute Gasteiger partial charge is 0.501 e. The van der Waals surface area contributed by atoms with E-state index in [9.17, 15) is 14.4 Å². The molecule has 1 aromatic carbocycles. The Morgan fingerprint density at radius 3 is 1.11 bits per heavy atom. The number of hydrogen-bond acceptors (Lipinski definition) is 6. The molecular weight excluding hydrogens is 348 g/mol. The highest BCUT2D eigenvalue weighted by atomic mass is 16.5. The molecule has 0 N–H and O–H groups in total. The van der Waals surface area contributed by atoms with E-state index in [0.29, 0.717) is 0 Å². The summed E-state index contributed by atoms with van der Waals surface area (Å²) in [5, 5.41) is 0. The number of carbonyl (C=O) groups is 3. The Labute approximate surface area is 159 Å². The van der Waals surface area contributed by atoms with Crippen LogP contribution in [0.15, 0.2) is 56.7 Å². The van der Waals surface area contributed by atoms with Crippen molar-refractivity contribution in [3.8, 4) is 0 Å². The molecule has 6 heteroatoms. The summed E-state index contributed by atoms with van der Waals surface area (Å²) in [4.78, 5) is 37.1. The Morgan fingerprint density at radius 1 is 0.630 bits per heavy atom. The molecule has 144 valence electrons. The molecule has 0 saturated carbocycles. The Kier molecular flexibility index (Phi) is 9.93. The van der Waals surface area contributed by atoms with Gasteiger partial charge in [-0.1, -0.05) is 19.7 Å². The van der Waals surface area contributed by atoms with Crippen LogP contribution < -0.4 is 0 Å². The van der Waals surface area contributed by atoms with E-state index in [1.807, 2.05) is 0 Å². The van der Waals surface area contributed by atoms with E-state index < -0.39 is 0 Å². The van der Waals surface area contributed by atoms with Crippen molar-refractivity contribution in [2.24, 2.45) is 0 Å². The molecule has 0 aliphatic carbocycles. The number of ether oxygens (including phenoxy) is 3. The lowest BCUT2D eigenvalue weighted by Crippen LogP contribution is -2.11. The fourth-order valence-electron chi connectivity index (χ4n) is 2.25. The Hall–Kier alpha value is -3.15. The summed E-state index contributed by atoms with van der Waals surface area (Å²) < 4.78 is 14.9. The fourth-order valence-corrected chi connectivity index (χ4v) is 2.25. The molecule has 0 saturated heterocycles. The van der Waals surface area contributed by atoms with E-state index in [4.69, 9.17) is 14.2 Å². The topological polar surface area (TPSA) is 78.9 Å². The number of rotatable bonds is 15. The van der Waals surface area contributed by atoms with Crippen molar-refractivity contribution in [1.29, 1.82) is 0 Å². The number of carbonyl (C=O) groups excluding carboxylic acids is 3. The standard InChI is InChI=1S/C21H24O6/c1-4-25-10-7-19(22)16-13-17(20(23)8-11-26-5-2)15-18(14-16)21(24)9-12-27-6-3/h4-6,13-15H,1-3,7-12H2. The lowest BCUT2D eigenvalue weighted by atomic mass is 9.96. The molecule has 1 rings (SSSR count). The van der Waals surface area contributed by atoms with Gasteiger partial charge >= 0.3 is 0 Å². The maximum atomic E-state index is 12.4. The lowest BCUT2D eigenvalue weighted by Gasteiger charge is -2.09. The van der Waals surface area contributed by atoms with Gasteiger partial charge in [-0.25, -0.2) is 0 Å². The second-order valence-corrected chi connectivity index (χ2v) is 5.43. The van der Waals surface area contributed by atoms with Gasteiger partial charge in [0.2, 0.25) is 0 Å². The van der Waals surface area contributed by atoms with Crippen molar-refractivity contribution in [2.75, 3.05) is 19.8 Å². The molecule has 0 spiro atoms. The zero-order valence-corrected chi connectivity index (χ0v) is 15.3. The first kappa shape index (κ1) is 21.9. The maximum Gasteiger partial charge on any atom is 0.166 e. The summed E-state index contributed by atoms with van der Waals surface area (Å²) in [6, 6.07) is 4.47. The molecule has 0 unspecified atom stereocenters. The van der Waals surface area contributed by atoms with Crippen molar-refractivity contribution in [1.82, 2.24) is 0 Å². The fraction of sp³-hybridized carbons (Fsp3) is 0.286. The van der Waals surface area contributed by atoms with Crippen LogP contribution in [0.4, 0.5) is 0 Å². The third-order valence-electron chi connectivity index (χ3n) is 3.59. The van der Waals surface area contributed by atoms with Gasteiger partial charge in [-0.15, -0.1) is 0 Å². The van der Waals surface area contributed by atoms with Crippen LogP contribution in [0.25, 0.3) is 0 Å². The molecule has 1 aromatic rings. The van der Waals surface area contributed by atoms with Crippen LogP contribution in [0.1, 0.15) is 50.3 Å². The molecule has 0 radical (unpaired) electrons. The third kappa shape index (κ3) is 7.73. The summed E-state index contributed by atoms with van der Waals surface area (Å²) in [5.41, 5.74) is 0.850. The third-order valence-corrected chi connectivity index (χ3v) is 3.59. The minimum absolute atomic E-state index is 0.108. The summed E-state index contributed by atoms with van der Waals surface area (Å²) >= 11 is 0. The van der Waals surface area contributed by atoms with E-state index in [0.717, 1.165) is 0 Å². The first-order chi connectivity index (χ1) is 13.0. The highest BCUT2D eigenvalue weighted by Crippen LogP contribution is 2.16. The average Bonchev–Trinajstić information content (AvgIpc) is 2.67. The van der Waals surface area contributed by atoms with Crippen LogP contribution in [0, 0.1) is 0 Å². The van der Waals surface area contributed by atoms with Crippen molar-refractivity contribution >= 4 is 17.3 Å². The molecule has 6 nitrogen and oxygen atoms in total. The van der Waals surface area contributed by atoms with Gasteiger partial charge in [-0.2, -0.15) is 0 Å². The van der Waals surface area contributed by atoms with Crippen molar-refractivity contribution in [3.63, 3.8) is 0 Å². The Bertz CT molecular complexity index is 597. The smallest absolute Gasteiger partial charge is 0.166 e. The molecule has 0 aliphatic rings. The Balaban J connectivity index is 3.05. The van der Waals surface area contributed by atoms with Gasteiger partial charge in [-0.3, -0.25) is 14.4 Å². The summed E-state index contributed by atoms with van der Waals surface area (Å²) in [7, 11) is 0. The van der Waals surface area contributed by atoms with Crippen LogP contribution in [0.5, 0.6) is 0 Å². The molecule has 0 heterocycles. The lowest BCUT2D eigenvalue weighted by molar-refractivity contribution is 0.0948. The van der Waals surface area contributed by atoms with Crippen LogP contribution in [0.3, 0.4) is 0 Å². The van der Waals surface area contributed by atoms with Gasteiger partial charge < -0.3 is 14.2 Å². The molecule has 0 fully saturated rings. The quantitative estimate of drug-likeness (QED) is 0.264. The van der Waals surface area contributed by atoms with E-state index in [2.05, 4.69) is 19.7 Å². The molecular formula is C21H24O6. The minimum atomic E-state index is -0.231. The van der Waals surface area contributed by atoms with Crippen LogP contribution in [0.2, 0.25) is 0 Å². The van der Waals surface area contributed by atoms with Gasteiger partial charge in [0.05, 0.1) is 38.6 Å². The second kappa shape index (κ2) is 12.2. The van der Waals surface area contributed by atoms with E-state index in [1.165, 1.54) is 37.0 Å². The van der Waals surface area contributed by atoms with Crippen LogP contribution in [-0.2, 0) is 14.2 Å². The second-order valence-electron chi connectivity index (χ2n) is 5.43. The zero-order valence-electron chi connectivity index (χ0n) is 15.3. The summed E-state index contributed by atoms with van der Waals surface area (Å²) in [6.45, 7) is 10.8. The average molecular weight is 372 g/mol. The number of Topliss-reactive ketones (excluding diaryl/α,β-unsaturated/α-hetero) is 3. The van der Waals surface area contributed by atoms with E-state index in [1.54, 1.807) is 0 Å². The predicted octanol–water partition coefficient (Wildman–Crippen LogP) is 3.89. The maximum absolute atomic E-state index is 12.4. The van der Waals surface area contributed by atoms with E-state index in [-0.39, 0.29) is 73.1 Å². The van der Waals surface area contributed by atoms with Gasteiger partial charge in [0.15, 0.2) is 17.3 Å². The van der Waals surface area contributed by atoms with Crippen molar-refractivity contribution < 1.29 is 28.6 Å². The first-order valence-corrected chi connectivity index (χ1v) is 8.45. The molecule has 0 atom stereocenters. The van der Waals surface area contributed by atoms with E-state index >= 15 is 0 Å². The highest BCUT2D eigenvalue weighted by molar-refractivity contribution is 6.06. The van der Waals surface area contributed by atoms with Gasteiger partial charge in [0, 0.05) is 36.0 Å². The first-order valence-electron chi connectivity index (χ1n) is 8.45. The minimum Gasteiger partial charge on any atom is -0.501 e. The van der Waals surface area contributed by atoms with Gasteiger partial charge in [-0.05, 0) is 18.2 Å². The molecule has 27 heavy (non-hydrogen) atoms. The normalized spacial score (nSPS) is 9.78. The monoisotopic (exact) mass is 372 g/mol. The van der Waals surface area contributed by atoms with Gasteiger partial charge in [0.1, 0.15) is 0 Å². The van der Waals surface area contributed by atoms with Crippen LogP contribution >= 0.6 is 0 Å². The van der Waals surface area contributed by atoms with Crippen molar-refractivity contribution in [2.45, 2.75) is 19.3 Å². The molecule has 0 bridgehead atoms. The van der Waals surface area contributed by atoms with Crippen LogP contribution in [-0.4, -0.2) is 37.2 Å². The zero-order chi connectivity index (χ0) is 20.1. The molecule has 0 aliphatic heterocycles. The Morgan fingerprint density at radius 2 is 0.889 bits per heavy atom. The van der Waals surface area contributed by atoms with Gasteiger partial charge in [0.25, 0.3) is 0 Å².